The lowest BCUT2D eigenvalue weighted by molar-refractivity contribution is -0.661. The van der Waals surface area contributed by atoms with Gasteiger partial charge >= 0.3 is 0 Å². The summed E-state index contributed by atoms with van der Waals surface area (Å²) in [5.74, 6) is 0. The fourth-order valence-corrected chi connectivity index (χ4v) is 1.78. The monoisotopic (exact) mass is 187 g/mol. The first-order valence-corrected chi connectivity index (χ1v) is 4.95. The minimum atomic E-state index is 0.869. The van der Waals surface area contributed by atoms with Crippen LogP contribution in [0.25, 0.3) is 11.0 Å². The minimum Gasteiger partial charge on any atom is -0.230 e. The summed E-state index contributed by atoms with van der Waals surface area (Å²) in [5, 5.41) is 0. The first-order chi connectivity index (χ1) is 6.86. The predicted octanol–water partition coefficient (Wildman–Crippen LogP) is 2.13. The zero-order valence-electron chi connectivity index (χ0n) is 8.48. The van der Waals surface area contributed by atoms with E-state index in [9.17, 15) is 0 Å². The Hall–Kier alpha value is -1.57. The van der Waals surface area contributed by atoms with Gasteiger partial charge in [0.25, 0.3) is 0 Å². The maximum absolute atomic E-state index is 3.77. The van der Waals surface area contributed by atoms with Crippen LogP contribution in [-0.2, 0) is 13.1 Å². The SMILES string of the molecule is C=CC[n+]1cn(CC)c2ccccc21. The first-order valence-electron chi connectivity index (χ1n) is 4.95. The first kappa shape index (κ1) is 9.00. The zero-order valence-corrected chi connectivity index (χ0v) is 8.48. The molecule has 2 rings (SSSR count). The van der Waals surface area contributed by atoms with Gasteiger partial charge in [-0.15, -0.1) is 0 Å². The van der Waals surface area contributed by atoms with Gasteiger partial charge in [-0.3, -0.25) is 0 Å². The highest BCUT2D eigenvalue weighted by Crippen LogP contribution is 2.09. The van der Waals surface area contributed by atoms with Crippen molar-refractivity contribution in [3.63, 3.8) is 0 Å². The average molecular weight is 187 g/mol. The van der Waals surface area contributed by atoms with Gasteiger partial charge in [0, 0.05) is 0 Å². The molecule has 2 heteroatoms. The van der Waals surface area contributed by atoms with Gasteiger partial charge in [0.2, 0.25) is 6.33 Å². The third-order valence-corrected chi connectivity index (χ3v) is 2.45. The van der Waals surface area contributed by atoms with E-state index in [0.717, 1.165) is 13.1 Å². The highest BCUT2D eigenvalue weighted by molar-refractivity contribution is 5.71. The molecule has 1 aromatic heterocycles. The summed E-state index contributed by atoms with van der Waals surface area (Å²) in [7, 11) is 0. The normalized spacial score (nSPS) is 10.6. The Morgan fingerprint density at radius 1 is 1.43 bits per heavy atom. The maximum Gasteiger partial charge on any atom is 0.244 e. The molecule has 0 bridgehead atoms. The molecule has 1 heterocycles. The Bertz CT molecular complexity index is 454. The van der Waals surface area contributed by atoms with Crippen LogP contribution in [0.3, 0.4) is 0 Å². The van der Waals surface area contributed by atoms with Crippen LogP contribution in [-0.4, -0.2) is 4.57 Å². The van der Waals surface area contributed by atoms with Crippen LogP contribution in [0.2, 0.25) is 0 Å². The summed E-state index contributed by atoms with van der Waals surface area (Å²) in [4.78, 5) is 0. The largest absolute Gasteiger partial charge is 0.244 e. The number of para-hydroxylation sites is 2. The number of benzene rings is 1. The molecule has 0 aliphatic carbocycles. The van der Waals surface area contributed by atoms with Gasteiger partial charge < -0.3 is 0 Å². The molecule has 0 fully saturated rings. The van der Waals surface area contributed by atoms with Crippen molar-refractivity contribution in [1.29, 1.82) is 0 Å². The van der Waals surface area contributed by atoms with Gasteiger partial charge in [0.05, 0.1) is 6.54 Å². The van der Waals surface area contributed by atoms with Gasteiger partial charge in [-0.1, -0.05) is 24.8 Å². The molecule has 0 amide bonds. The van der Waals surface area contributed by atoms with Crippen LogP contribution in [0.1, 0.15) is 6.92 Å². The molecule has 0 aliphatic heterocycles. The van der Waals surface area contributed by atoms with Crippen molar-refractivity contribution in [2.75, 3.05) is 0 Å². The summed E-state index contributed by atoms with van der Waals surface area (Å²) in [5.41, 5.74) is 2.56. The number of fused-ring (bicyclic) bond motifs is 1. The van der Waals surface area contributed by atoms with Crippen molar-refractivity contribution in [1.82, 2.24) is 4.57 Å². The Morgan fingerprint density at radius 3 is 2.93 bits per heavy atom. The highest BCUT2D eigenvalue weighted by atomic mass is 15.1. The minimum absolute atomic E-state index is 0.869. The lowest BCUT2D eigenvalue weighted by Gasteiger charge is -1.89. The van der Waals surface area contributed by atoms with E-state index in [4.69, 9.17) is 0 Å². The summed E-state index contributed by atoms with van der Waals surface area (Å²) in [6, 6.07) is 8.44. The standard InChI is InChI=1S/C12H15N2/c1-3-9-14-10-13(4-2)11-7-5-6-8-12(11)14/h3,5-8,10H,1,4,9H2,2H3/q+1. The van der Waals surface area contributed by atoms with Crippen LogP contribution in [0.5, 0.6) is 0 Å². The van der Waals surface area contributed by atoms with E-state index >= 15 is 0 Å². The van der Waals surface area contributed by atoms with Crippen LogP contribution in [0.15, 0.2) is 43.2 Å². The molecule has 1 aromatic carbocycles. The van der Waals surface area contributed by atoms with E-state index in [1.165, 1.54) is 11.0 Å². The van der Waals surface area contributed by atoms with Gasteiger partial charge in [-0.25, -0.2) is 9.13 Å². The molecule has 0 atom stereocenters. The Balaban J connectivity index is 2.66. The number of hydrogen-bond acceptors (Lipinski definition) is 0. The quantitative estimate of drug-likeness (QED) is 0.514. The number of nitrogens with zero attached hydrogens (tertiary/aromatic N) is 2. The molecule has 2 nitrogen and oxygen atoms in total. The smallest absolute Gasteiger partial charge is 0.230 e. The summed E-state index contributed by atoms with van der Waals surface area (Å²) in [6.07, 6.45) is 4.07. The van der Waals surface area contributed by atoms with Gasteiger partial charge in [0.15, 0.2) is 11.0 Å². The molecule has 2 aromatic rings. The van der Waals surface area contributed by atoms with Crippen LogP contribution < -0.4 is 4.57 Å². The lowest BCUT2D eigenvalue weighted by Crippen LogP contribution is -2.30. The highest BCUT2D eigenvalue weighted by Gasteiger charge is 2.11. The number of hydrogen-bond donors (Lipinski definition) is 0. The Labute approximate surface area is 84.1 Å². The number of rotatable bonds is 3. The second-order valence-electron chi connectivity index (χ2n) is 3.33. The van der Waals surface area contributed by atoms with Gasteiger partial charge in [-0.2, -0.15) is 0 Å². The molecule has 0 saturated carbocycles. The molecule has 72 valence electrons. The molecular formula is C12H15N2+. The van der Waals surface area contributed by atoms with Crippen molar-refractivity contribution in [2.24, 2.45) is 0 Å². The lowest BCUT2D eigenvalue weighted by atomic mass is 10.3. The van der Waals surface area contributed by atoms with Crippen molar-refractivity contribution in [3.05, 3.63) is 43.2 Å². The van der Waals surface area contributed by atoms with Crippen molar-refractivity contribution in [3.8, 4) is 0 Å². The van der Waals surface area contributed by atoms with Crippen LogP contribution in [0, 0.1) is 0 Å². The molecule has 0 saturated heterocycles. The van der Waals surface area contributed by atoms with E-state index in [1.54, 1.807) is 0 Å². The maximum atomic E-state index is 3.77. The number of imidazole rings is 1. The van der Waals surface area contributed by atoms with Gasteiger partial charge in [0.1, 0.15) is 6.54 Å². The second-order valence-corrected chi connectivity index (χ2v) is 3.33. The van der Waals surface area contributed by atoms with Crippen LogP contribution in [0.4, 0.5) is 0 Å². The van der Waals surface area contributed by atoms with E-state index in [1.807, 2.05) is 6.08 Å². The summed E-state index contributed by atoms with van der Waals surface area (Å²) < 4.78 is 4.46. The molecule has 0 radical (unpaired) electrons. The molecule has 0 aliphatic rings. The van der Waals surface area contributed by atoms with E-state index in [-0.39, 0.29) is 0 Å². The topological polar surface area (TPSA) is 8.81 Å². The second kappa shape index (κ2) is 3.66. The molecular weight excluding hydrogens is 172 g/mol. The van der Waals surface area contributed by atoms with E-state index in [0.29, 0.717) is 0 Å². The number of aromatic nitrogens is 2. The number of allylic oxidation sites excluding steroid dienone is 1. The van der Waals surface area contributed by atoms with Crippen molar-refractivity contribution < 1.29 is 4.57 Å². The molecule has 0 spiro atoms. The fourth-order valence-electron chi connectivity index (χ4n) is 1.78. The van der Waals surface area contributed by atoms with Crippen LogP contribution >= 0.6 is 0 Å². The average Bonchev–Trinajstić information content (AvgIpc) is 2.58. The Morgan fingerprint density at radius 2 is 2.21 bits per heavy atom. The number of aryl methyl sites for hydroxylation is 1. The Kier molecular flexibility index (Phi) is 2.35. The molecule has 0 N–H and O–H groups in total. The van der Waals surface area contributed by atoms with E-state index < -0.39 is 0 Å². The van der Waals surface area contributed by atoms with Gasteiger partial charge in [-0.05, 0) is 19.1 Å². The predicted molar refractivity (Wildman–Crippen MR) is 58.0 cm³/mol. The third-order valence-electron chi connectivity index (χ3n) is 2.45. The molecule has 0 unspecified atom stereocenters. The van der Waals surface area contributed by atoms with Crippen molar-refractivity contribution in [2.45, 2.75) is 20.0 Å². The fraction of sp³-hybridized carbons (Fsp3) is 0.250. The molecule has 14 heavy (non-hydrogen) atoms. The summed E-state index contributed by atoms with van der Waals surface area (Å²) >= 11 is 0. The summed E-state index contributed by atoms with van der Waals surface area (Å²) in [6.45, 7) is 7.80. The van der Waals surface area contributed by atoms with Crippen molar-refractivity contribution >= 4 is 11.0 Å². The third kappa shape index (κ3) is 1.33. The zero-order chi connectivity index (χ0) is 9.97. The van der Waals surface area contributed by atoms with E-state index in [2.05, 4.69) is 53.2 Å².